The van der Waals surface area contributed by atoms with Crippen molar-refractivity contribution in [3.8, 4) is 0 Å². The molecule has 1 N–H and O–H groups in total. The first-order valence-corrected chi connectivity index (χ1v) is 9.64. The Labute approximate surface area is 166 Å². The monoisotopic (exact) mass is 380 g/mol. The van der Waals surface area contributed by atoms with E-state index >= 15 is 0 Å². The van der Waals surface area contributed by atoms with Gasteiger partial charge in [-0.2, -0.15) is 4.98 Å². The van der Waals surface area contributed by atoms with Gasteiger partial charge in [0.1, 0.15) is 5.82 Å². The predicted octanol–water partition coefficient (Wildman–Crippen LogP) is 5.12. The molecule has 27 heavy (non-hydrogen) atoms. The van der Waals surface area contributed by atoms with Crippen molar-refractivity contribution in [1.29, 1.82) is 0 Å². The summed E-state index contributed by atoms with van der Waals surface area (Å²) in [6, 6.07) is 20.3. The van der Waals surface area contributed by atoms with Gasteiger partial charge in [-0.05, 0) is 43.5 Å². The van der Waals surface area contributed by atoms with Crippen LogP contribution in [0.15, 0.2) is 60.7 Å². The normalized spacial score (nSPS) is 10.6. The van der Waals surface area contributed by atoms with E-state index in [2.05, 4.69) is 52.5 Å². The number of anilines is 2. The van der Waals surface area contributed by atoms with E-state index in [1.807, 2.05) is 37.3 Å². The van der Waals surface area contributed by atoms with Crippen LogP contribution in [0.2, 0.25) is 5.02 Å². The van der Waals surface area contributed by atoms with E-state index in [1.165, 1.54) is 11.1 Å². The first-order valence-electron chi connectivity index (χ1n) is 9.27. The Balaban J connectivity index is 1.67. The Morgan fingerprint density at radius 2 is 1.74 bits per heavy atom. The molecule has 5 heteroatoms. The highest BCUT2D eigenvalue weighted by Gasteiger charge is 2.10. The zero-order valence-electron chi connectivity index (χ0n) is 15.8. The summed E-state index contributed by atoms with van der Waals surface area (Å²) in [5.74, 6) is 1.61. The Morgan fingerprint density at radius 1 is 0.963 bits per heavy atom. The summed E-state index contributed by atoms with van der Waals surface area (Å²) in [6.07, 6.45) is 0.889. The molecule has 0 aliphatic carbocycles. The van der Waals surface area contributed by atoms with E-state index in [0.29, 0.717) is 0 Å². The second-order valence-electron chi connectivity index (χ2n) is 6.50. The molecule has 2 aromatic carbocycles. The van der Waals surface area contributed by atoms with Crippen LogP contribution < -0.4 is 10.2 Å². The Bertz CT molecular complexity index is 867. The van der Waals surface area contributed by atoms with E-state index in [1.54, 1.807) is 0 Å². The topological polar surface area (TPSA) is 41.1 Å². The fourth-order valence-electron chi connectivity index (χ4n) is 2.94. The van der Waals surface area contributed by atoms with Gasteiger partial charge in [0.05, 0.1) is 0 Å². The molecule has 0 unspecified atom stereocenters. The molecule has 0 spiro atoms. The fourth-order valence-corrected chi connectivity index (χ4v) is 3.15. The number of nitrogens with one attached hydrogen (secondary N) is 1. The highest BCUT2D eigenvalue weighted by molar-refractivity contribution is 6.30. The summed E-state index contributed by atoms with van der Waals surface area (Å²) < 4.78 is 0. The van der Waals surface area contributed by atoms with Crippen LogP contribution in [0.4, 0.5) is 11.8 Å². The Kier molecular flexibility index (Phi) is 6.66. The van der Waals surface area contributed by atoms with Crippen LogP contribution >= 0.6 is 11.6 Å². The van der Waals surface area contributed by atoms with Crippen molar-refractivity contribution in [2.24, 2.45) is 0 Å². The van der Waals surface area contributed by atoms with Crippen LogP contribution in [0.3, 0.4) is 0 Å². The van der Waals surface area contributed by atoms with E-state index in [9.17, 15) is 0 Å². The smallest absolute Gasteiger partial charge is 0.227 e. The van der Waals surface area contributed by atoms with Crippen molar-refractivity contribution < 1.29 is 0 Å². The summed E-state index contributed by atoms with van der Waals surface area (Å²) >= 11 is 6.05. The third-order valence-electron chi connectivity index (χ3n) is 4.33. The molecule has 0 fully saturated rings. The maximum absolute atomic E-state index is 6.05. The minimum absolute atomic E-state index is 0.756. The number of hydrogen-bond donors (Lipinski definition) is 1. The highest BCUT2D eigenvalue weighted by atomic mass is 35.5. The van der Waals surface area contributed by atoms with Gasteiger partial charge in [-0.25, -0.2) is 4.98 Å². The van der Waals surface area contributed by atoms with Gasteiger partial charge >= 0.3 is 0 Å². The Hall–Kier alpha value is -2.59. The Morgan fingerprint density at radius 3 is 2.48 bits per heavy atom. The first kappa shape index (κ1) is 19.2. The zero-order valence-corrected chi connectivity index (χ0v) is 16.6. The first-order chi connectivity index (χ1) is 13.1. The lowest BCUT2D eigenvalue weighted by atomic mass is 10.1. The lowest BCUT2D eigenvalue weighted by molar-refractivity contribution is 0.787. The van der Waals surface area contributed by atoms with Gasteiger partial charge < -0.3 is 10.2 Å². The lowest BCUT2D eigenvalue weighted by Crippen LogP contribution is -2.25. The van der Waals surface area contributed by atoms with Crippen molar-refractivity contribution >= 4 is 23.4 Å². The van der Waals surface area contributed by atoms with Crippen molar-refractivity contribution in [3.63, 3.8) is 0 Å². The van der Waals surface area contributed by atoms with Crippen LogP contribution in [-0.2, 0) is 13.0 Å². The van der Waals surface area contributed by atoms with E-state index in [0.717, 1.165) is 48.5 Å². The number of aryl methyl sites for hydroxylation is 1. The number of benzene rings is 2. The molecule has 0 amide bonds. The molecular weight excluding hydrogens is 356 g/mol. The van der Waals surface area contributed by atoms with Gasteiger partial charge in [0, 0.05) is 36.4 Å². The molecule has 0 radical (unpaired) electrons. The van der Waals surface area contributed by atoms with E-state index in [-0.39, 0.29) is 0 Å². The van der Waals surface area contributed by atoms with Gasteiger partial charge in [-0.15, -0.1) is 0 Å². The van der Waals surface area contributed by atoms with Crippen LogP contribution in [0.1, 0.15) is 23.7 Å². The number of halogens is 1. The predicted molar refractivity (Wildman–Crippen MR) is 114 cm³/mol. The van der Waals surface area contributed by atoms with Crippen molar-refractivity contribution in [1.82, 2.24) is 9.97 Å². The third-order valence-corrected chi connectivity index (χ3v) is 4.57. The highest BCUT2D eigenvalue weighted by Crippen LogP contribution is 2.17. The van der Waals surface area contributed by atoms with Gasteiger partial charge in [0.15, 0.2) is 0 Å². The quantitative estimate of drug-likeness (QED) is 0.588. The van der Waals surface area contributed by atoms with Crippen molar-refractivity contribution in [3.05, 3.63) is 82.5 Å². The third kappa shape index (κ3) is 5.69. The second kappa shape index (κ2) is 9.38. The summed E-state index contributed by atoms with van der Waals surface area (Å²) in [7, 11) is 0. The largest absolute Gasteiger partial charge is 0.370 e. The molecule has 1 heterocycles. The summed E-state index contributed by atoms with van der Waals surface area (Å²) in [5, 5.41) is 4.19. The summed E-state index contributed by atoms with van der Waals surface area (Å²) in [5.41, 5.74) is 3.41. The molecule has 0 saturated heterocycles. The molecule has 3 rings (SSSR count). The summed E-state index contributed by atoms with van der Waals surface area (Å²) in [4.78, 5) is 11.5. The molecule has 0 aliphatic heterocycles. The van der Waals surface area contributed by atoms with Crippen molar-refractivity contribution in [2.75, 3.05) is 23.3 Å². The molecule has 1 aromatic heterocycles. The zero-order chi connectivity index (χ0) is 19.1. The minimum atomic E-state index is 0.756. The standard InChI is InChI=1S/C22H25ClN4/c1-3-27(16-19-8-5-4-6-9-19)22-25-17(2)14-21(26-22)24-13-12-18-10-7-11-20(23)15-18/h4-11,14-15H,3,12-13,16H2,1-2H3,(H,24,25,26). The van der Waals surface area contributed by atoms with Gasteiger partial charge in [-0.1, -0.05) is 54.1 Å². The number of aromatic nitrogens is 2. The van der Waals surface area contributed by atoms with E-state index in [4.69, 9.17) is 16.6 Å². The minimum Gasteiger partial charge on any atom is -0.370 e. The average Bonchev–Trinajstić information content (AvgIpc) is 2.66. The van der Waals surface area contributed by atoms with Crippen LogP contribution in [0.25, 0.3) is 0 Å². The molecule has 140 valence electrons. The molecule has 3 aromatic rings. The maximum Gasteiger partial charge on any atom is 0.227 e. The molecule has 0 saturated carbocycles. The van der Waals surface area contributed by atoms with Crippen LogP contribution in [-0.4, -0.2) is 23.1 Å². The SMILES string of the molecule is CCN(Cc1ccccc1)c1nc(C)cc(NCCc2cccc(Cl)c2)n1. The summed E-state index contributed by atoms with van der Waals surface area (Å²) in [6.45, 7) is 6.56. The van der Waals surface area contributed by atoms with Gasteiger partial charge in [-0.3, -0.25) is 0 Å². The average molecular weight is 381 g/mol. The molecular formula is C22H25ClN4. The molecule has 0 atom stereocenters. The molecule has 0 bridgehead atoms. The van der Waals surface area contributed by atoms with Crippen LogP contribution in [0.5, 0.6) is 0 Å². The lowest BCUT2D eigenvalue weighted by Gasteiger charge is -2.22. The van der Waals surface area contributed by atoms with Crippen LogP contribution in [0, 0.1) is 6.92 Å². The number of nitrogens with zero attached hydrogens (tertiary/aromatic N) is 3. The fraction of sp³-hybridized carbons (Fsp3) is 0.273. The van der Waals surface area contributed by atoms with Crippen molar-refractivity contribution in [2.45, 2.75) is 26.8 Å². The number of hydrogen-bond acceptors (Lipinski definition) is 4. The maximum atomic E-state index is 6.05. The number of rotatable bonds is 8. The molecule has 0 aliphatic rings. The van der Waals surface area contributed by atoms with Gasteiger partial charge in [0.25, 0.3) is 0 Å². The molecule has 4 nitrogen and oxygen atoms in total. The second-order valence-corrected chi connectivity index (χ2v) is 6.94. The van der Waals surface area contributed by atoms with E-state index < -0.39 is 0 Å². The van der Waals surface area contributed by atoms with Gasteiger partial charge in [0.2, 0.25) is 5.95 Å².